The summed E-state index contributed by atoms with van der Waals surface area (Å²) in [4.78, 5) is 16.7. The Hall–Kier alpha value is -2.47. The zero-order valence-electron chi connectivity index (χ0n) is 15.3. The number of aryl methyl sites for hydroxylation is 2. The third-order valence-electron chi connectivity index (χ3n) is 4.13. The second-order valence-electron chi connectivity index (χ2n) is 6.22. The molecule has 0 spiro atoms. The van der Waals surface area contributed by atoms with Crippen molar-refractivity contribution in [2.24, 2.45) is 0 Å². The van der Waals surface area contributed by atoms with E-state index in [1.807, 2.05) is 44.2 Å². The van der Waals surface area contributed by atoms with E-state index in [4.69, 9.17) is 0 Å². The number of ketones is 1. The zero-order chi connectivity index (χ0) is 18.5. The number of thioether (sulfide) groups is 1. The predicted octanol–water partition coefficient (Wildman–Crippen LogP) is 4.34. The van der Waals surface area contributed by atoms with Crippen LogP contribution in [0.3, 0.4) is 0 Å². The Morgan fingerprint density at radius 3 is 2.62 bits per heavy atom. The minimum atomic E-state index is 0.118. The van der Waals surface area contributed by atoms with Crippen LogP contribution in [-0.4, -0.2) is 31.3 Å². The zero-order valence-corrected chi connectivity index (χ0v) is 16.1. The van der Waals surface area contributed by atoms with Crippen molar-refractivity contribution < 1.29 is 4.79 Å². The van der Waals surface area contributed by atoms with Crippen molar-refractivity contribution >= 4 is 17.5 Å². The summed E-state index contributed by atoms with van der Waals surface area (Å²) >= 11 is 1.44. The van der Waals surface area contributed by atoms with E-state index in [1.165, 1.54) is 11.8 Å². The summed E-state index contributed by atoms with van der Waals surface area (Å²) in [5.41, 5.74) is 3.87. The van der Waals surface area contributed by atoms with Crippen LogP contribution >= 0.6 is 11.8 Å². The maximum atomic E-state index is 12.7. The Morgan fingerprint density at radius 1 is 1.12 bits per heavy atom. The first-order chi connectivity index (χ1) is 12.6. The summed E-state index contributed by atoms with van der Waals surface area (Å²) in [6.45, 7) is 6.90. The van der Waals surface area contributed by atoms with Gasteiger partial charge in [0.2, 0.25) is 0 Å². The highest BCUT2D eigenvalue weighted by Crippen LogP contribution is 2.25. The van der Waals surface area contributed by atoms with Gasteiger partial charge in [0.25, 0.3) is 0 Å². The molecule has 6 heteroatoms. The number of hydrogen-bond donors (Lipinski definition) is 0. The van der Waals surface area contributed by atoms with Gasteiger partial charge in [0.15, 0.2) is 16.8 Å². The van der Waals surface area contributed by atoms with E-state index < -0.39 is 0 Å². The van der Waals surface area contributed by atoms with Gasteiger partial charge in [-0.25, -0.2) is 0 Å². The summed E-state index contributed by atoms with van der Waals surface area (Å²) in [7, 11) is 0. The van der Waals surface area contributed by atoms with Gasteiger partial charge < -0.3 is 4.57 Å². The largest absolute Gasteiger partial charge is 0.302 e. The van der Waals surface area contributed by atoms with E-state index in [2.05, 4.69) is 26.7 Å². The van der Waals surface area contributed by atoms with E-state index in [0.29, 0.717) is 5.75 Å². The molecule has 0 atom stereocenters. The third-order valence-corrected chi connectivity index (χ3v) is 5.10. The van der Waals surface area contributed by atoms with Crippen molar-refractivity contribution in [2.45, 2.75) is 38.9 Å². The first-order valence-electron chi connectivity index (χ1n) is 8.67. The van der Waals surface area contributed by atoms with Crippen LogP contribution in [0.15, 0.2) is 47.9 Å². The van der Waals surface area contributed by atoms with Crippen LogP contribution in [0.2, 0.25) is 0 Å². The average molecular weight is 366 g/mol. The van der Waals surface area contributed by atoms with Crippen LogP contribution in [0.1, 0.15) is 34.8 Å². The fourth-order valence-corrected chi connectivity index (χ4v) is 3.63. The number of pyridine rings is 1. The first kappa shape index (κ1) is 18.3. The lowest BCUT2D eigenvalue weighted by atomic mass is 10.0. The second-order valence-corrected chi connectivity index (χ2v) is 7.17. The Kier molecular flexibility index (Phi) is 5.83. The lowest BCUT2D eigenvalue weighted by Crippen LogP contribution is -2.07. The Balaban J connectivity index is 1.81. The van der Waals surface area contributed by atoms with E-state index in [1.54, 1.807) is 12.4 Å². The highest BCUT2D eigenvalue weighted by molar-refractivity contribution is 7.99. The van der Waals surface area contributed by atoms with Gasteiger partial charge in [0, 0.05) is 30.1 Å². The van der Waals surface area contributed by atoms with E-state index in [-0.39, 0.29) is 5.78 Å². The van der Waals surface area contributed by atoms with Crippen LogP contribution in [0.25, 0.3) is 11.4 Å². The molecule has 5 nitrogen and oxygen atoms in total. The predicted molar refractivity (Wildman–Crippen MR) is 105 cm³/mol. The first-order valence-corrected chi connectivity index (χ1v) is 9.65. The summed E-state index contributed by atoms with van der Waals surface area (Å²) in [6.07, 6.45) is 4.46. The molecule has 134 valence electrons. The SMILES string of the molecule is CCCn1c(SCC(=O)c2cc(C)ccc2C)nnc1-c1ccncc1. The van der Waals surface area contributed by atoms with Gasteiger partial charge in [0.1, 0.15) is 0 Å². The molecular formula is C20H22N4OS. The summed E-state index contributed by atoms with van der Waals surface area (Å²) in [6, 6.07) is 9.82. The molecule has 0 unspecified atom stereocenters. The standard InChI is InChI=1S/C20H22N4OS/c1-4-11-24-19(16-7-9-21-10-8-16)22-23-20(24)26-13-18(25)17-12-14(2)5-6-15(17)3/h5-10,12H,4,11,13H2,1-3H3. The number of hydrogen-bond acceptors (Lipinski definition) is 5. The van der Waals surface area contributed by atoms with E-state index in [9.17, 15) is 4.79 Å². The van der Waals surface area contributed by atoms with Gasteiger partial charge in [-0.05, 0) is 44.0 Å². The molecule has 0 aliphatic heterocycles. The molecule has 0 aliphatic rings. The quantitative estimate of drug-likeness (QED) is 0.460. The molecule has 0 N–H and O–H groups in total. The van der Waals surface area contributed by atoms with Crippen LogP contribution in [0, 0.1) is 13.8 Å². The maximum absolute atomic E-state index is 12.7. The second kappa shape index (κ2) is 8.27. The summed E-state index contributed by atoms with van der Waals surface area (Å²) in [5.74, 6) is 1.28. The lowest BCUT2D eigenvalue weighted by Gasteiger charge is -2.09. The number of rotatable bonds is 7. The monoisotopic (exact) mass is 366 g/mol. The summed E-state index contributed by atoms with van der Waals surface area (Å²) < 4.78 is 2.08. The molecule has 0 saturated heterocycles. The normalized spacial score (nSPS) is 10.9. The van der Waals surface area contributed by atoms with Gasteiger partial charge >= 0.3 is 0 Å². The van der Waals surface area contributed by atoms with Gasteiger partial charge in [-0.3, -0.25) is 9.78 Å². The minimum absolute atomic E-state index is 0.118. The highest BCUT2D eigenvalue weighted by Gasteiger charge is 2.16. The molecule has 0 saturated carbocycles. The molecule has 3 aromatic rings. The number of nitrogens with zero attached hydrogens (tertiary/aromatic N) is 4. The van der Waals surface area contributed by atoms with Crippen molar-refractivity contribution in [3.63, 3.8) is 0 Å². The number of Topliss-reactive ketones (excluding diaryl/α,β-unsaturated/α-hetero) is 1. The Morgan fingerprint density at radius 2 is 1.88 bits per heavy atom. The van der Waals surface area contributed by atoms with Gasteiger partial charge in [-0.2, -0.15) is 0 Å². The molecule has 0 amide bonds. The van der Waals surface area contributed by atoms with Crippen LogP contribution in [-0.2, 0) is 6.54 Å². The number of carbonyl (C=O) groups is 1. The molecule has 0 radical (unpaired) electrons. The number of carbonyl (C=O) groups excluding carboxylic acids is 1. The molecule has 2 aromatic heterocycles. The van der Waals surface area contributed by atoms with Crippen molar-refractivity contribution in [3.8, 4) is 11.4 Å². The topological polar surface area (TPSA) is 60.7 Å². The average Bonchev–Trinajstić information content (AvgIpc) is 3.05. The number of aromatic nitrogens is 4. The molecule has 2 heterocycles. The number of benzene rings is 1. The molecule has 0 aliphatic carbocycles. The van der Waals surface area contributed by atoms with Crippen LogP contribution < -0.4 is 0 Å². The smallest absolute Gasteiger partial charge is 0.191 e. The maximum Gasteiger partial charge on any atom is 0.191 e. The summed E-state index contributed by atoms with van der Waals surface area (Å²) in [5, 5.41) is 9.44. The lowest BCUT2D eigenvalue weighted by molar-refractivity contribution is 0.102. The van der Waals surface area contributed by atoms with Crippen LogP contribution in [0.4, 0.5) is 0 Å². The molecule has 3 rings (SSSR count). The van der Waals surface area contributed by atoms with E-state index >= 15 is 0 Å². The fourth-order valence-electron chi connectivity index (χ4n) is 2.78. The Bertz CT molecular complexity index is 905. The van der Waals surface area contributed by atoms with Gasteiger partial charge in [0.05, 0.1) is 5.75 Å². The van der Waals surface area contributed by atoms with Crippen molar-refractivity contribution in [2.75, 3.05) is 5.75 Å². The minimum Gasteiger partial charge on any atom is -0.302 e. The highest BCUT2D eigenvalue weighted by atomic mass is 32.2. The van der Waals surface area contributed by atoms with Gasteiger partial charge in [-0.15, -0.1) is 10.2 Å². The molecule has 0 fully saturated rings. The van der Waals surface area contributed by atoms with Crippen LogP contribution in [0.5, 0.6) is 0 Å². The third kappa shape index (κ3) is 4.02. The van der Waals surface area contributed by atoms with Crippen molar-refractivity contribution in [1.29, 1.82) is 0 Å². The molecule has 1 aromatic carbocycles. The molecular weight excluding hydrogens is 344 g/mol. The van der Waals surface area contributed by atoms with Crippen molar-refractivity contribution in [3.05, 3.63) is 59.4 Å². The fraction of sp³-hybridized carbons (Fsp3) is 0.300. The molecule has 0 bridgehead atoms. The molecule has 26 heavy (non-hydrogen) atoms. The Labute approximate surface area is 157 Å². The van der Waals surface area contributed by atoms with Crippen molar-refractivity contribution in [1.82, 2.24) is 19.7 Å². The van der Waals surface area contributed by atoms with Gasteiger partial charge in [-0.1, -0.05) is 36.4 Å². The van der Waals surface area contributed by atoms with E-state index in [0.717, 1.165) is 46.2 Å².